The second-order valence-corrected chi connectivity index (χ2v) is 3.53. The average Bonchev–Trinajstić information content (AvgIpc) is 2.20. The standard InChI is InChI=1S/C10H17NO6/c1-7(2)17-10(15)11-6-9(14)16-5-3-4-8(12)13/h7H,3-6H2,1-2H3,(H,11,15)(H,12,13). The smallest absolute Gasteiger partial charge is 0.407 e. The molecule has 0 saturated heterocycles. The number of carboxylic acids is 1. The normalized spacial score (nSPS) is 9.82. The number of rotatable bonds is 7. The van der Waals surface area contributed by atoms with E-state index in [-0.39, 0.29) is 32.1 Å². The lowest BCUT2D eigenvalue weighted by Crippen LogP contribution is -2.32. The molecular formula is C10H17NO6. The Bertz CT molecular complexity index is 276. The molecule has 0 atom stereocenters. The molecule has 0 unspecified atom stereocenters. The lowest BCUT2D eigenvalue weighted by molar-refractivity contribution is -0.144. The van der Waals surface area contributed by atoms with Crippen molar-refractivity contribution in [3.63, 3.8) is 0 Å². The summed E-state index contributed by atoms with van der Waals surface area (Å²) in [6.45, 7) is 3.10. The van der Waals surface area contributed by atoms with E-state index >= 15 is 0 Å². The maximum atomic E-state index is 11.0. The highest BCUT2D eigenvalue weighted by molar-refractivity contribution is 5.77. The van der Waals surface area contributed by atoms with E-state index in [1.54, 1.807) is 13.8 Å². The van der Waals surface area contributed by atoms with E-state index in [0.717, 1.165) is 0 Å². The predicted octanol–water partition coefficient (Wildman–Crippen LogP) is 0.529. The number of carbonyl (C=O) groups excluding carboxylic acids is 2. The molecule has 0 bridgehead atoms. The van der Waals surface area contributed by atoms with Crippen molar-refractivity contribution in [2.24, 2.45) is 0 Å². The third-order valence-corrected chi connectivity index (χ3v) is 1.52. The molecule has 0 aromatic rings. The first-order valence-electron chi connectivity index (χ1n) is 5.23. The van der Waals surface area contributed by atoms with E-state index in [1.165, 1.54) is 0 Å². The van der Waals surface area contributed by atoms with Gasteiger partial charge in [0.15, 0.2) is 0 Å². The molecule has 17 heavy (non-hydrogen) atoms. The predicted molar refractivity (Wildman–Crippen MR) is 57.4 cm³/mol. The third-order valence-electron chi connectivity index (χ3n) is 1.52. The van der Waals surface area contributed by atoms with E-state index < -0.39 is 18.0 Å². The third kappa shape index (κ3) is 10.5. The second kappa shape index (κ2) is 8.37. The van der Waals surface area contributed by atoms with Crippen LogP contribution in [0.1, 0.15) is 26.7 Å². The van der Waals surface area contributed by atoms with Gasteiger partial charge in [0, 0.05) is 6.42 Å². The van der Waals surface area contributed by atoms with E-state index in [4.69, 9.17) is 9.84 Å². The summed E-state index contributed by atoms with van der Waals surface area (Å²) in [5.74, 6) is -1.57. The van der Waals surface area contributed by atoms with Crippen molar-refractivity contribution in [3.05, 3.63) is 0 Å². The summed E-state index contributed by atoms with van der Waals surface area (Å²) in [7, 11) is 0. The SMILES string of the molecule is CC(C)OC(=O)NCC(=O)OCCCC(=O)O. The Morgan fingerprint density at radius 1 is 1.29 bits per heavy atom. The molecule has 0 heterocycles. The fraction of sp³-hybridized carbons (Fsp3) is 0.700. The average molecular weight is 247 g/mol. The van der Waals surface area contributed by atoms with Gasteiger partial charge in [0.05, 0.1) is 12.7 Å². The van der Waals surface area contributed by atoms with Gasteiger partial charge in [-0.25, -0.2) is 4.79 Å². The summed E-state index contributed by atoms with van der Waals surface area (Å²) in [5.41, 5.74) is 0. The molecule has 0 aliphatic rings. The molecule has 0 radical (unpaired) electrons. The van der Waals surface area contributed by atoms with Gasteiger partial charge >= 0.3 is 18.0 Å². The highest BCUT2D eigenvalue weighted by atomic mass is 16.6. The molecule has 7 heteroatoms. The molecule has 0 saturated carbocycles. The Morgan fingerprint density at radius 2 is 1.94 bits per heavy atom. The molecule has 1 amide bonds. The fourth-order valence-electron chi connectivity index (χ4n) is 0.861. The lowest BCUT2D eigenvalue weighted by Gasteiger charge is -2.09. The van der Waals surface area contributed by atoms with Gasteiger partial charge in [-0.2, -0.15) is 0 Å². The molecular weight excluding hydrogens is 230 g/mol. The quantitative estimate of drug-likeness (QED) is 0.502. The van der Waals surface area contributed by atoms with E-state index in [0.29, 0.717) is 0 Å². The molecule has 0 aromatic heterocycles. The summed E-state index contributed by atoms with van der Waals surface area (Å²) in [6.07, 6.45) is -0.766. The first-order valence-corrected chi connectivity index (χ1v) is 5.23. The number of hydrogen-bond donors (Lipinski definition) is 2. The zero-order chi connectivity index (χ0) is 13.3. The molecule has 2 N–H and O–H groups in total. The zero-order valence-corrected chi connectivity index (χ0v) is 9.89. The van der Waals surface area contributed by atoms with E-state index in [9.17, 15) is 14.4 Å². The highest BCUT2D eigenvalue weighted by Crippen LogP contribution is 1.91. The highest BCUT2D eigenvalue weighted by Gasteiger charge is 2.08. The maximum absolute atomic E-state index is 11.0. The van der Waals surface area contributed by atoms with Crippen LogP contribution in [0.5, 0.6) is 0 Å². The van der Waals surface area contributed by atoms with Crippen molar-refractivity contribution in [1.29, 1.82) is 0 Å². The van der Waals surface area contributed by atoms with Crippen LogP contribution in [0.4, 0.5) is 4.79 Å². The Hall–Kier alpha value is -1.79. The van der Waals surface area contributed by atoms with Crippen LogP contribution in [0.15, 0.2) is 0 Å². The van der Waals surface area contributed by atoms with Crippen LogP contribution in [0, 0.1) is 0 Å². The van der Waals surface area contributed by atoms with Crippen molar-refractivity contribution >= 4 is 18.0 Å². The van der Waals surface area contributed by atoms with Crippen LogP contribution in [-0.2, 0) is 19.1 Å². The summed E-state index contributed by atoms with van der Waals surface area (Å²) < 4.78 is 9.40. The minimum absolute atomic E-state index is 0.0199. The fourth-order valence-corrected chi connectivity index (χ4v) is 0.861. The number of nitrogens with one attached hydrogen (secondary N) is 1. The van der Waals surface area contributed by atoms with E-state index in [1.807, 2.05) is 0 Å². The van der Waals surface area contributed by atoms with Gasteiger partial charge < -0.3 is 19.9 Å². The van der Waals surface area contributed by atoms with Crippen molar-refractivity contribution < 1.29 is 29.0 Å². The number of hydrogen-bond acceptors (Lipinski definition) is 5. The van der Waals surface area contributed by atoms with Crippen molar-refractivity contribution in [2.75, 3.05) is 13.2 Å². The summed E-state index contributed by atoms with van der Waals surface area (Å²) >= 11 is 0. The Balaban J connectivity index is 3.52. The number of aliphatic carboxylic acids is 1. The molecule has 98 valence electrons. The van der Waals surface area contributed by atoms with Crippen molar-refractivity contribution in [3.8, 4) is 0 Å². The van der Waals surface area contributed by atoms with Gasteiger partial charge in [0.25, 0.3) is 0 Å². The minimum atomic E-state index is -0.945. The van der Waals surface area contributed by atoms with Gasteiger partial charge in [-0.15, -0.1) is 0 Å². The summed E-state index contributed by atoms with van der Waals surface area (Å²) in [6, 6.07) is 0. The largest absolute Gasteiger partial charge is 0.481 e. The molecule has 7 nitrogen and oxygen atoms in total. The Kier molecular flexibility index (Phi) is 7.49. The summed E-state index contributed by atoms with van der Waals surface area (Å²) in [5, 5.41) is 10.5. The first-order chi connectivity index (χ1) is 7.91. The molecule has 0 aromatic carbocycles. The minimum Gasteiger partial charge on any atom is -0.481 e. The Morgan fingerprint density at radius 3 is 2.47 bits per heavy atom. The van der Waals surface area contributed by atoms with Crippen molar-refractivity contribution in [1.82, 2.24) is 5.32 Å². The van der Waals surface area contributed by atoms with Crippen LogP contribution < -0.4 is 5.32 Å². The van der Waals surface area contributed by atoms with Gasteiger partial charge in [-0.1, -0.05) is 0 Å². The molecule has 0 aliphatic heterocycles. The monoisotopic (exact) mass is 247 g/mol. The molecule has 0 aliphatic carbocycles. The molecule has 0 spiro atoms. The van der Waals surface area contributed by atoms with Gasteiger partial charge in [0.1, 0.15) is 6.54 Å². The van der Waals surface area contributed by atoms with Crippen LogP contribution in [0.2, 0.25) is 0 Å². The zero-order valence-electron chi connectivity index (χ0n) is 9.89. The number of carbonyl (C=O) groups is 3. The first kappa shape index (κ1) is 15.2. The number of ether oxygens (including phenoxy) is 2. The van der Waals surface area contributed by atoms with Gasteiger partial charge in [-0.3, -0.25) is 9.59 Å². The summed E-state index contributed by atoms with van der Waals surface area (Å²) in [4.78, 5) is 32.1. The van der Waals surface area contributed by atoms with E-state index in [2.05, 4.69) is 10.1 Å². The van der Waals surface area contributed by atoms with Gasteiger partial charge in [-0.05, 0) is 20.3 Å². The van der Waals surface area contributed by atoms with Crippen molar-refractivity contribution in [2.45, 2.75) is 32.8 Å². The maximum Gasteiger partial charge on any atom is 0.407 e. The Labute approximate surface area is 99.1 Å². The van der Waals surface area contributed by atoms with Crippen LogP contribution in [0.25, 0.3) is 0 Å². The lowest BCUT2D eigenvalue weighted by atomic mass is 10.3. The van der Waals surface area contributed by atoms with Crippen LogP contribution >= 0.6 is 0 Å². The topological polar surface area (TPSA) is 102 Å². The molecule has 0 rings (SSSR count). The van der Waals surface area contributed by atoms with Gasteiger partial charge in [0.2, 0.25) is 0 Å². The number of carboxylic acid groups (broad SMARTS) is 1. The van der Waals surface area contributed by atoms with Crippen LogP contribution in [-0.4, -0.2) is 42.4 Å². The molecule has 0 fully saturated rings. The van der Waals surface area contributed by atoms with Crippen LogP contribution in [0.3, 0.4) is 0 Å². The number of amides is 1. The number of esters is 1. The second-order valence-electron chi connectivity index (χ2n) is 3.53. The number of alkyl carbamates (subject to hydrolysis) is 1.